The summed E-state index contributed by atoms with van der Waals surface area (Å²) in [7, 11) is 0. The third kappa shape index (κ3) is 3.14. The van der Waals surface area contributed by atoms with E-state index in [9.17, 15) is 4.79 Å². The molecule has 1 aliphatic heterocycles. The van der Waals surface area contributed by atoms with E-state index >= 15 is 0 Å². The molecule has 5 heteroatoms. The lowest BCUT2D eigenvalue weighted by Crippen LogP contribution is -2.38. The molecule has 0 bridgehead atoms. The van der Waals surface area contributed by atoms with E-state index in [1.54, 1.807) is 4.90 Å². The smallest absolute Gasteiger partial charge is 0.237 e. The molecule has 1 amide bonds. The number of nitrogens with zero attached hydrogens (tertiary/aromatic N) is 1. The Hall–Kier alpha value is -0.320. The number of halogens is 1. The lowest BCUT2D eigenvalue weighted by atomic mass is 10.4. The fourth-order valence-corrected chi connectivity index (χ4v) is 1.35. The van der Waals surface area contributed by atoms with Gasteiger partial charge in [-0.1, -0.05) is 0 Å². The van der Waals surface area contributed by atoms with Crippen LogP contribution in [0.3, 0.4) is 0 Å². The Balaban J connectivity index is 2.33. The molecule has 1 saturated heterocycles. The van der Waals surface area contributed by atoms with Crippen molar-refractivity contribution >= 4 is 17.5 Å². The van der Waals surface area contributed by atoms with E-state index in [0.717, 1.165) is 0 Å². The van der Waals surface area contributed by atoms with Crippen molar-refractivity contribution in [1.29, 1.82) is 0 Å². The van der Waals surface area contributed by atoms with E-state index in [4.69, 9.17) is 21.1 Å². The van der Waals surface area contributed by atoms with Crippen LogP contribution in [-0.2, 0) is 14.3 Å². The molecule has 0 atom stereocenters. The molecule has 0 aliphatic carbocycles. The van der Waals surface area contributed by atoms with Crippen molar-refractivity contribution in [3.8, 4) is 0 Å². The molecule has 0 aromatic heterocycles. The molecule has 4 nitrogen and oxygen atoms in total. The fraction of sp³-hybridized carbons (Fsp3) is 0.875. The zero-order valence-corrected chi connectivity index (χ0v) is 8.42. The predicted octanol–water partition coefficient (Wildman–Crippen LogP) is 0.447. The maximum atomic E-state index is 11.2. The van der Waals surface area contributed by atoms with Crippen molar-refractivity contribution in [3.05, 3.63) is 0 Å². The predicted molar refractivity (Wildman–Crippen MR) is 48.7 cm³/mol. The van der Waals surface area contributed by atoms with Crippen LogP contribution in [0.1, 0.15) is 6.92 Å². The Bertz CT molecular complexity index is 171. The summed E-state index contributed by atoms with van der Waals surface area (Å²) in [5.41, 5.74) is 0. The second-order valence-electron chi connectivity index (χ2n) is 2.74. The van der Waals surface area contributed by atoms with Gasteiger partial charge >= 0.3 is 0 Å². The highest BCUT2D eigenvalue weighted by atomic mass is 35.5. The van der Waals surface area contributed by atoms with Gasteiger partial charge in [0, 0.05) is 6.54 Å². The molecular formula is C8H14ClNO3. The van der Waals surface area contributed by atoms with Gasteiger partial charge < -0.3 is 14.4 Å². The van der Waals surface area contributed by atoms with E-state index in [-0.39, 0.29) is 18.1 Å². The summed E-state index contributed by atoms with van der Waals surface area (Å²) >= 11 is 5.44. The van der Waals surface area contributed by atoms with Crippen LogP contribution in [0.15, 0.2) is 0 Å². The molecule has 0 radical (unpaired) electrons. The zero-order valence-electron chi connectivity index (χ0n) is 7.66. The van der Waals surface area contributed by atoms with E-state index < -0.39 is 0 Å². The van der Waals surface area contributed by atoms with Crippen LogP contribution in [-0.4, -0.2) is 49.3 Å². The van der Waals surface area contributed by atoms with Crippen molar-refractivity contribution in [2.75, 3.05) is 32.2 Å². The van der Waals surface area contributed by atoms with Gasteiger partial charge in [0.2, 0.25) is 5.91 Å². The molecule has 1 heterocycles. The molecule has 1 aliphatic rings. The topological polar surface area (TPSA) is 38.8 Å². The summed E-state index contributed by atoms with van der Waals surface area (Å²) in [5, 5.41) is 0. The van der Waals surface area contributed by atoms with E-state index in [0.29, 0.717) is 26.3 Å². The number of likely N-dealkylation sites (N-methyl/N-ethyl adjacent to an activating group) is 1. The van der Waals surface area contributed by atoms with Crippen LogP contribution in [0.25, 0.3) is 0 Å². The van der Waals surface area contributed by atoms with Crippen LogP contribution in [0.5, 0.6) is 0 Å². The number of hydrogen-bond donors (Lipinski definition) is 0. The Labute approximate surface area is 82.7 Å². The number of carbonyl (C=O) groups excluding carboxylic acids is 1. The first-order valence-corrected chi connectivity index (χ1v) is 4.88. The summed E-state index contributed by atoms with van der Waals surface area (Å²) in [6.45, 7) is 4.23. The van der Waals surface area contributed by atoms with Gasteiger partial charge in [0.15, 0.2) is 6.29 Å². The molecule has 0 spiro atoms. The summed E-state index contributed by atoms with van der Waals surface area (Å²) in [5.74, 6) is -0.0659. The number of carbonyl (C=O) groups is 1. The monoisotopic (exact) mass is 207 g/mol. The van der Waals surface area contributed by atoms with Crippen LogP contribution < -0.4 is 0 Å². The highest BCUT2D eigenvalue weighted by Gasteiger charge is 2.21. The van der Waals surface area contributed by atoms with Gasteiger partial charge in [0.1, 0.15) is 5.88 Å². The Kier molecular flexibility index (Phi) is 4.48. The largest absolute Gasteiger partial charge is 0.348 e. The van der Waals surface area contributed by atoms with Crippen molar-refractivity contribution < 1.29 is 14.3 Å². The lowest BCUT2D eigenvalue weighted by molar-refractivity contribution is -0.134. The van der Waals surface area contributed by atoms with Gasteiger partial charge in [-0.15, -0.1) is 11.6 Å². The minimum atomic E-state index is -0.271. The molecule has 0 unspecified atom stereocenters. The number of rotatable bonds is 4. The standard InChI is InChI=1S/C8H14ClNO3/c1-2-10(7(11)5-9)6-8-12-3-4-13-8/h8H,2-6H2,1H3. The third-order valence-electron chi connectivity index (χ3n) is 1.91. The number of amides is 1. The molecular weight excluding hydrogens is 194 g/mol. The van der Waals surface area contributed by atoms with Gasteiger partial charge in [0.05, 0.1) is 19.8 Å². The minimum absolute atomic E-state index is 0.0144. The average Bonchev–Trinajstić information content (AvgIpc) is 2.65. The van der Waals surface area contributed by atoms with Gasteiger partial charge in [-0.3, -0.25) is 4.79 Å². The number of alkyl halides is 1. The quantitative estimate of drug-likeness (QED) is 0.629. The Morgan fingerprint density at radius 2 is 2.15 bits per heavy atom. The van der Waals surface area contributed by atoms with Crippen molar-refractivity contribution in [2.24, 2.45) is 0 Å². The van der Waals surface area contributed by atoms with Gasteiger partial charge in [-0.05, 0) is 6.92 Å². The number of ether oxygens (including phenoxy) is 2. The Morgan fingerprint density at radius 3 is 2.62 bits per heavy atom. The van der Waals surface area contributed by atoms with Crippen LogP contribution in [0.4, 0.5) is 0 Å². The maximum absolute atomic E-state index is 11.2. The third-order valence-corrected chi connectivity index (χ3v) is 2.14. The van der Waals surface area contributed by atoms with Crippen molar-refractivity contribution in [3.63, 3.8) is 0 Å². The van der Waals surface area contributed by atoms with Crippen molar-refractivity contribution in [2.45, 2.75) is 13.2 Å². The second-order valence-corrected chi connectivity index (χ2v) is 3.00. The first-order valence-electron chi connectivity index (χ1n) is 4.35. The van der Waals surface area contributed by atoms with E-state index in [1.807, 2.05) is 6.92 Å². The minimum Gasteiger partial charge on any atom is -0.348 e. The van der Waals surface area contributed by atoms with Crippen LogP contribution in [0, 0.1) is 0 Å². The highest BCUT2D eigenvalue weighted by molar-refractivity contribution is 6.27. The maximum Gasteiger partial charge on any atom is 0.237 e. The molecule has 13 heavy (non-hydrogen) atoms. The normalized spacial score (nSPS) is 17.7. The van der Waals surface area contributed by atoms with Crippen LogP contribution >= 0.6 is 11.6 Å². The summed E-state index contributed by atoms with van der Waals surface area (Å²) in [4.78, 5) is 12.8. The summed E-state index contributed by atoms with van der Waals surface area (Å²) in [6, 6.07) is 0. The highest BCUT2D eigenvalue weighted by Crippen LogP contribution is 2.06. The SMILES string of the molecule is CCN(CC1OCCO1)C(=O)CCl. The van der Waals surface area contributed by atoms with Gasteiger partial charge in [0.25, 0.3) is 0 Å². The fourth-order valence-electron chi connectivity index (χ4n) is 1.18. The lowest BCUT2D eigenvalue weighted by Gasteiger charge is -2.22. The Morgan fingerprint density at radius 1 is 1.54 bits per heavy atom. The second kappa shape index (κ2) is 5.42. The zero-order chi connectivity index (χ0) is 9.68. The molecule has 0 aromatic carbocycles. The van der Waals surface area contributed by atoms with Crippen LogP contribution in [0.2, 0.25) is 0 Å². The molecule has 0 N–H and O–H groups in total. The first kappa shape index (κ1) is 10.8. The summed E-state index contributed by atoms with van der Waals surface area (Å²) < 4.78 is 10.4. The number of hydrogen-bond acceptors (Lipinski definition) is 3. The summed E-state index contributed by atoms with van der Waals surface area (Å²) in [6.07, 6.45) is -0.271. The van der Waals surface area contributed by atoms with E-state index in [2.05, 4.69) is 0 Å². The molecule has 0 aromatic rings. The van der Waals surface area contributed by atoms with Gasteiger partial charge in [-0.2, -0.15) is 0 Å². The molecule has 0 saturated carbocycles. The average molecular weight is 208 g/mol. The molecule has 76 valence electrons. The van der Waals surface area contributed by atoms with Gasteiger partial charge in [-0.25, -0.2) is 0 Å². The van der Waals surface area contributed by atoms with E-state index in [1.165, 1.54) is 0 Å². The van der Waals surface area contributed by atoms with Crippen molar-refractivity contribution in [1.82, 2.24) is 4.90 Å². The first-order chi connectivity index (χ1) is 6.27. The molecule has 1 rings (SSSR count). The molecule has 1 fully saturated rings.